The van der Waals surface area contributed by atoms with Crippen LogP contribution in [-0.2, 0) is 15.7 Å². The molecule has 2 heterocycles. The van der Waals surface area contributed by atoms with E-state index in [0.29, 0.717) is 25.4 Å². The SMILES string of the molecule is CN(C)C(=O)C1CN(c2ccc(C(F)(F)F)nc2)CCO1. The first-order valence-corrected chi connectivity index (χ1v) is 6.40. The number of alkyl halides is 3. The van der Waals surface area contributed by atoms with Gasteiger partial charge in [-0.3, -0.25) is 4.79 Å². The van der Waals surface area contributed by atoms with E-state index in [0.717, 1.165) is 6.07 Å². The third kappa shape index (κ3) is 3.63. The average molecular weight is 303 g/mol. The highest BCUT2D eigenvalue weighted by Gasteiger charge is 2.33. The predicted octanol–water partition coefficient (Wildman–Crippen LogP) is 1.39. The molecule has 0 spiro atoms. The minimum Gasteiger partial charge on any atom is -0.365 e. The van der Waals surface area contributed by atoms with Gasteiger partial charge in [-0.25, -0.2) is 4.98 Å². The topological polar surface area (TPSA) is 45.7 Å². The van der Waals surface area contributed by atoms with Crippen molar-refractivity contribution in [3.8, 4) is 0 Å². The van der Waals surface area contributed by atoms with Crippen LogP contribution in [0.1, 0.15) is 5.69 Å². The first-order chi connectivity index (χ1) is 9.79. The Balaban J connectivity index is 2.09. The second-order valence-electron chi connectivity index (χ2n) is 4.94. The number of anilines is 1. The monoisotopic (exact) mass is 303 g/mol. The standard InChI is InChI=1S/C13H16F3N3O2/c1-18(2)12(20)10-8-19(5-6-21-10)9-3-4-11(17-7-9)13(14,15)16/h3-4,7,10H,5-6,8H2,1-2H3. The Morgan fingerprint density at radius 2 is 2.14 bits per heavy atom. The summed E-state index contributed by atoms with van der Waals surface area (Å²) in [5.41, 5.74) is -0.386. The largest absolute Gasteiger partial charge is 0.433 e. The Bertz CT molecular complexity index is 502. The molecular formula is C13H16F3N3O2. The maximum Gasteiger partial charge on any atom is 0.433 e. The zero-order valence-corrected chi connectivity index (χ0v) is 11.7. The van der Waals surface area contributed by atoms with Gasteiger partial charge in [0.2, 0.25) is 0 Å². The molecule has 21 heavy (non-hydrogen) atoms. The molecule has 1 aromatic rings. The molecule has 0 aromatic carbocycles. The number of aromatic nitrogens is 1. The molecule has 1 aliphatic rings. The molecular weight excluding hydrogens is 287 g/mol. The molecule has 1 fully saturated rings. The van der Waals surface area contributed by atoms with Gasteiger partial charge in [-0.15, -0.1) is 0 Å². The fourth-order valence-electron chi connectivity index (χ4n) is 2.06. The van der Waals surface area contributed by atoms with Crippen LogP contribution in [-0.4, -0.2) is 55.7 Å². The first-order valence-electron chi connectivity index (χ1n) is 6.40. The number of pyridine rings is 1. The molecule has 1 aliphatic heterocycles. The van der Waals surface area contributed by atoms with Crippen molar-refractivity contribution in [2.24, 2.45) is 0 Å². The molecule has 2 rings (SSSR count). The number of rotatable bonds is 2. The van der Waals surface area contributed by atoms with E-state index in [4.69, 9.17) is 4.74 Å². The third-order valence-corrected chi connectivity index (χ3v) is 3.19. The molecule has 1 unspecified atom stereocenters. The van der Waals surface area contributed by atoms with Gasteiger partial charge >= 0.3 is 6.18 Å². The van der Waals surface area contributed by atoms with E-state index in [1.807, 2.05) is 0 Å². The number of carbonyl (C=O) groups is 1. The summed E-state index contributed by atoms with van der Waals surface area (Å²) in [6.45, 7) is 1.14. The molecule has 1 amide bonds. The fourth-order valence-corrected chi connectivity index (χ4v) is 2.06. The smallest absolute Gasteiger partial charge is 0.365 e. The number of hydrogen-bond acceptors (Lipinski definition) is 4. The van der Waals surface area contributed by atoms with E-state index in [9.17, 15) is 18.0 Å². The van der Waals surface area contributed by atoms with Crippen LogP contribution in [0.2, 0.25) is 0 Å². The highest BCUT2D eigenvalue weighted by molar-refractivity contribution is 5.81. The van der Waals surface area contributed by atoms with E-state index in [-0.39, 0.29) is 5.91 Å². The summed E-state index contributed by atoms with van der Waals surface area (Å²) < 4.78 is 42.8. The van der Waals surface area contributed by atoms with Crippen LogP contribution in [0.3, 0.4) is 0 Å². The molecule has 0 saturated carbocycles. The fraction of sp³-hybridized carbons (Fsp3) is 0.538. The van der Waals surface area contributed by atoms with Gasteiger partial charge in [0.15, 0.2) is 6.10 Å². The molecule has 116 valence electrons. The summed E-state index contributed by atoms with van der Waals surface area (Å²) in [6, 6.07) is 2.30. The maximum absolute atomic E-state index is 12.5. The van der Waals surface area contributed by atoms with E-state index >= 15 is 0 Å². The van der Waals surface area contributed by atoms with Gasteiger partial charge in [-0.05, 0) is 12.1 Å². The minimum atomic E-state index is -4.45. The zero-order chi connectivity index (χ0) is 15.6. The summed E-state index contributed by atoms with van der Waals surface area (Å²) in [4.78, 5) is 18.5. The number of likely N-dealkylation sites (N-methyl/N-ethyl adjacent to an activating group) is 1. The van der Waals surface area contributed by atoms with Crippen LogP contribution in [0.25, 0.3) is 0 Å². The highest BCUT2D eigenvalue weighted by atomic mass is 19.4. The van der Waals surface area contributed by atoms with Crippen LogP contribution < -0.4 is 4.90 Å². The number of ether oxygens (including phenoxy) is 1. The van der Waals surface area contributed by atoms with Gasteiger partial charge in [0.05, 0.1) is 25.0 Å². The number of halogens is 3. The van der Waals surface area contributed by atoms with E-state index in [1.165, 1.54) is 17.2 Å². The van der Waals surface area contributed by atoms with Gasteiger partial charge in [0, 0.05) is 20.6 Å². The van der Waals surface area contributed by atoms with Crippen molar-refractivity contribution >= 4 is 11.6 Å². The normalized spacial score (nSPS) is 19.5. The van der Waals surface area contributed by atoms with E-state index in [1.54, 1.807) is 19.0 Å². The van der Waals surface area contributed by atoms with Gasteiger partial charge in [-0.1, -0.05) is 0 Å². The molecule has 0 aliphatic carbocycles. The summed E-state index contributed by atoms with van der Waals surface area (Å²) in [6.07, 6.45) is -3.89. The van der Waals surface area contributed by atoms with Gasteiger partial charge < -0.3 is 14.5 Å². The molecule has 1 aromatic heterocycles. The maximum atomic E-state index is 12.5. The van der Waals surface area contributed by atoms with Gasteiger partial charge in [0.1, 0.15) is 5.69 Å². The Labute approximate surface area is 120 Å². The molecule has 8 heteroatoms. The zero-order valence-electron chi connectivity index (χ0n) is 11.7. The van der Waals surface area contributed by atoms with Crippen molar-refractivity contribution in [1.29, 1.82) is 0 Å². The van der Waals surface area contributed by atoms with Crippen LogP contribution in [0, 0.1) is 0 Å². The highest BCUT2D eigenvalue weighted by Crippen LogP contribution is 2.28. The number of hydrogen-bond donors (Lipinski definition) is 0. The molecule has 1 saturated heterocycles. The number of amides is 1. The number of carbonyl (C=O) groups excluding carboxylic acids is 1. The van der Waals surface area contributed by atoms with Crippen molar-refractivity contribution in [3.63, 3.8) is 0 Å². The number of nitrogens with zero attached hydrogens (tertiary/aromatic N) is 3. The minimum absolute atomic E-state index is 0.167. The lowest BCUT2D eigenvalue weighted by atomic mass is 10.2. The van der Waals surface area contributed by atoms with Gasteiger partial charge in [0.25, 0.3) is 5.91 Å². The van der Waals surface area contributed by atoms with Crippen molar-refractivity contribution < 1.29 is 22.7 Å². The molecule has 0 N–H and O–H groups in total. The second kappa shape index (κ2) is 5.88. The van der Waals surface area contributed by atoms with Crippen LogP contribution in [0.15, 0.2) is 18.3 Å². The quantitative estimate of drug-likeness (QED) is 0.828. The first kappa shape index (κ1) is 15.6. The summed E-state index contributed by atoms with van der Waals surface area (Å²) in [5, 5.41) is 0. The van der Waals surface area contributed by atoms with Crippen molar-refractivity contribution in [3.05, 3.63) is 24.0 Å². The Kier molecular flexibility index (Phi) is 4.36. The Hall–Kier alpha value is -1.83. The molecule has 0 radical (unpaired) electrons. The molecule has 0 bridgehead atoms. The van der Waals surface area contributed by atoms with Crippen LogP contribution in [0.5, 0.6) is 0 Å². The predicted molar refractivity (Wildman–Crippen MR) is 69.9 cm³/mol. The Morgan fingerprint density at radius 3 is 2.67 bits per heavy atom. The van der Waals surface area contributed by atoms with Crippen molar-refractivity contribution in [2.45, 2.75) is 12.3 Å². The lowest BCUT2D eigenvalue weighted by Crippen LogP contribution is -2.49. The molecule has 5 nitrogen and oxygen atoms in total. The lowest BCUT2D eigenvalue weighted by molar-refractivity contribution is -0.141. The van der Waals surface area contributed by atoms with Crippen molar-refractivity contribution in [1.82, 2.24) is 9.88 Å². The van der Waals surface area contributed by atoms with Crippen molar-refractivity contribution in [2.75, 3.05) is 38.7 Å². The molecule has 1 atom stereocenters. The third-order valence-electron chi connectivity index (χ3n) is 3.19. The van der Waals surface area contributed by atoms with E-state index < -0.39 is 18.0 Å². The summed E-state index contributed by atoms with van der Waals surface area (Å²) in [5.74, 6) is -0.167. The second-order valence-corrected chi connectivity index (χ2v) is 4.94. The average Bonchev–Trinajstić information content (AvgIpc) is 2.46. The van der Waals surface area contributed by atoms with Crippen LogP contribution in [0.4, 0.5) is 18.9 Å². The summed E-state index contributed by atoms with van der Waals surface area (Å²) >= 11 is 0. The number of morpholine rings is 1. The van der Waals surface area contributed by atoms with Gasteiger partial charge in [-0.2, -0.15) is 13.2 Å². The van der Waals surface area contributed by atoms with Crippen LogP contribution >= 0.6 is 0 Å². The Morgan fingerprint density at radius 1 is 1.43 bits per heavy atom. The summed E-state index contributed by atoms with van der Waals surface area (Å²) in [7, 11) is 3.26. The van der Waals surface area contributed by atoms with E-state index in [2.05, 4.69) is 4.98 Å². The lowest BCUT2D eigenvalue weighted by Gasteiger charge is -2.34.